The SMILES string of the molecule is CCCN(CCC)C1CCc2c(ccc(O)c2OC2CC(O)C=C(C(=O)O)O2)C1. The second-order valence-electron chi connectivity index (χ2n) is 7.79. The lowest BCUT2D eigenvalue weighted by molar-refractivity contribution is -0.146. The summed E-state index contributed by atoms with van der Waals surface area (Å²) in [6, 6.07) is 4.03. The lowest BCUT2D eigenvalue weighted by Gasteiger charge is -2.36. The first kappa shape index (κ1) is 21.5. The number of rotatable bonds is 8. The predicted molar refractivity (Wildman–Crippen MR) is 108 cm³/mol. The zero-order valence-corrected chi connectivity index (χ0v) is 17.1. The molecule has 3 atom stereocenters. The van der Waals surface area contributed by atoms with Crippen LogP contribution in [0.4, 0.5) is 0 Å². The van der Waals surface area contributed by atoms with Crippen LogP contribution in [0.15, 0.2) is 24.0 Å². The van der Waals surface area contributed by atoms with Gasteiger partial charge in [-0.15, -0.1) is 0 Å². The number of carbonyl (C=O) groups is 1. The largest absolute Gasteiger partial charge is 0.504 e. The Morgan fingerprint density at radius 2 is 2.00 bits per heavy atom. The van der Waals surface area contributed by atoms with E-state index in [0.29, 0.717) is 11.8 Å². The number of carboxylic acid groups (broad SMARTS) is 1. The number of carboxylic acids is 1. The Balaban J connectivity index is 1.78. The molecule has 7 nitrogen and oxygen atoms in total. The number of aliphatic hydroxyl groups excluding tert-OH is 1. The molecule has 7 heteroatoms. The van der Waals surface area contributed by atoms with E-state index in [0.717, 1.165) is 62.4 Å². The van der Waals surface area contributed by atoms with Gasteiger partial charge in [-0.25, -0.2) is 4.79 Å². The number of nitrogens with zero attached hydrogens (tertiary/aromatic N) is 1. The monoisotopic (exact) mass is 405 g/mol. The van der Waals surface area contributed by atoms with Crippen LogP contribution in [-0.2, 0) is 22.4 Å². The molecule has 1 aromatic rings. The molecule has 29 heavy (non-hydrogen) atoms. The number of fused-ring (bicyclic) bond motifs is 1. The molecular formula is C22H31NO6. The highest BCUT2D eigenvalue weighted by atomic mass is 16.7. The molecule has 3 N–H and O–H groups in total. The fourth-order valence-corrected chi connectivity index (χ4v) is 4.28. The van der Waals surface area contributed by atoms with Gasteiger partial charge < -0.3 is 29.7 Å². The molecule has 3 unspecified atom stereocenters. The van der Waals surface area contributed by atoms with Crippen molar-refractivity contribution in [3.05, 3.63) is 35.1 Å². The molecule has 0 aromatic heterocycles. The molecule has 1 aromatic carbocycles. The van der Waals surface area contributed by atoms with E-state index in [2.05, 4.69) is 18.7 Å². The highest BCUT2D eigenvalue weighted by molar-refractivity contribution is 5.84. The first-order valence-electron chi connectivity index (χ1n) is 10.5. The standard InChI is InChI=1S/C22H31NO6/c1-3-9-23(10-4-2)15-6-7-17-14(11-15)5-8-18(25)21(17)29-20-13-16(24)12-19(28-20)22(26)27/h5,8,12,15-16,20,24-25H,3-4,6-7,9-11,13H2,1-2H3,(H,26,27). The van der Waals surface area contributed by atoms with Crippen LogP contribution in [0.5, 0.6) is 11.5 Å². The van der Waals surface area contributed by atoms with Crippen LogP contribution < -0.4 is 4.74 Å². The van der Waals surface area contributed by atoms with Gasteiger partial charge in [-0.05, 0) is 62.9 Å². The van der Waals surface area contributed by atoms with E-state index in [4.69, 9.17) is 14.6 Å². The summed E-state index contributed by atoms with van der Waals surface area (Å²) < 4.78 is 11.2. The molecule has 0 saturated carbocycles. The number of phenols is 1. The molecule has 0 fully saturated rings. The fourth-order valence-electron chi connectivity index (χ4n) is 4.28. The van der Waals surface area contributed by atoms with Gasteiger partial charge in [-0.3, -0.25) is 0 Å². The summed E-state index contributed by atoms with van der Waals surface area (Å²) in [5.41, 5.74) is 2.08. The Kier molecular flexibility index (Phi) is 7.03. The van der Waals surface area contributed by atoms with Crippen molar-refractivity contribution in [2.45, 2.75) is 70.8 Å². The zero-order chi connectivity index (χ0) is 21.0. The number of phenolic OH excluding ortho intramolecular Hbond substituents is 1. The molecule has 1 aliphatic carbocycles. The minimum absolute atomic E-state index is 0.00527. The second-order valence-corrected chi connectivity index (χ2v) is 7.79. The molecule has 1 aliphatic heterocycles. The van der Waals surface area contributed by atoms with Crippen molar-refractivity contribution in [1.82, 2.24) is 4.90 Å². The molecule has 0 saturated heterocycles. The summed E-state index contributed by atoms with van der Waals surface area (Å²) >= 11 is 0. The first-order valence-corrected chi connectivity index (χ1v) is 10.5. The van der Waals surface area contributed by atoms with Crippen molar-refractivity contribution in [1.29, 1.82) is 0 Å². The minimum atomic E-state index is -1.26. The van der Waals surface area contributed by atoms with E-state index in [1.807, 2.05) is 6.07 Å². The number of aliphatic hydroxyl groups is 1. The van der Waals surface area contributed by atoms with E-state index >= 15 is 0 Å². The Bertz CT molecular complexity index is 756. The number of aliphatic carboxylic acids is 1. The van der Waals surface area contributed by atoms with E-state index in [9.17, 15) is 15.0 Å². The van der Waals surface area contributed by atoms with Gasteiger partial charge in [0.25, 0.3) is 0 Å². The molecule has 0 amide bonds. The van der Waals surface area contributed by atoms with Crippen LogP contribution >= 0.6 is 0 Å². The smallest absolute Gasteiger partial charge is 0.371 e. The molecule has 2 aliphatic rings. The highest BCUT2D eigenvalue weighted by Gasteiger charge is 2.31. The number of hydrogen-bond donors (Lipinski definition) is 3. The predicted octanol–water partition coefficient (Wildman–Crippen LogP) is 2.83. The van der Waals surface area contributed by atoms with Crippen LogP contribution in [0.1, 0.15) is 50.7 Å². The normalized spacial score (nSPS) is 23.9. The highest BCUT2D eigenvalue weighted by Crippen LogP contribution is 2.39. The summed E-state index contributed by atoms with van der Waals surface area (Å²) in [5.74, 6) is -1.26. The maximum atomic E-state index is 11.2. The average molecular weight is 405 g/mol. The number of ether oxygens (including phenoxy) is 2. The number of aromatic hydroxyl groups is 1. The van der Waals surface area contributed by atoms with Gasteiger partial charge in [0, 0.05) is 11.6 Å². The third kappa shape index (κ3) is 5.03. The second kappa shape index (κ2) is 9.50. The van der Waals surface area contributed by atoms with Crippen molar-refractivity contribution in [3.63, 3.8) is 0 Å². The third-order valence-electron chi connectivity index (χ3n) is 5.55. The molecule has 0 radical (unpaired) electrons. The lowest BCUT2D eigenvalue weighted by Crippen LogP contribution is -2.40. The molecule has 1 heterocycles. The quantitative estimate of drug-likeness (QED) is 0.611. The fraction of sp³-hybridized carbons (Fsp3) is 0.591. The first-order chi connectivity index (χ1) is 13.9. The maximum Gasteiger partial charge on any atom is 0.371 e. The van der Waals surface area contributed by atoms with Crippen LogP contribution in [0, 0.1) is 0 Å². The van der Waals surface area contributed by atoms with Crippen LogP contribution in [0.2, 0.25) is 0 Å². The van der Waals surface area contributed by atoms with Crippen LogP contribution in [-0.4, -0.2) is 57.7 Å². The average Bonchev–Trinajstić information content (AvgIpc) is 2.69. The van der Waals surface area contributed by atoms with Crippen LogP contribution in [0.3, 0.4) is 0 Å². The Morgan fingerprint density at radius 3 is 2.66 bits per heavy atom. The van der Waals surface area contributed by atoms with Crippen molar-refractivity contribution < 1.29 is 29.6 Å². The number of benzene rings is 1. The topological polar surface area (TPSA) is 99.5 Å². The van der Waals surface area contributed by atoms with Crippen molar-refractivity contribution in [2.24, 2.45) is 0 Å². The van der Waals surface area contributed by atoms with E-state index in [1.165, 1.54) is 0 Å². The minimum Gasteiger partial charge on any atom is -0.504 e. The van der Waals surface area contributed by atoms with E-state index < -0.39 is 18.4 Å². The van der Waals surface area contributed by atoms with Gasteiger partial charge in [-0.1, -0.05) is 19.9 Å². The zero-order valence-electron chi connectivity index (χ0n) is 17.1. The van der Waals surface area contributed by atoms with Crippen LogP contribution in [0.25, 0.3) is 0 Å². The summed E-state index contributed by atoms with van der Waals surface area (Å²) in [7, 11) is 0. The van der Waals surface area contributed by atoms with Gasteiger partial charge >= 0.3 is 5.97 Å². The number of hydrogen-bond acceptors (Lipinski definition) is 6. The summed E-state index contributed by atoms with van der Waals surface area (Å²) in [5, 5.41) is 29.5. The molecule has 3 rings (SSSR count). The van der Waals surface area contributed by atoms with Crippen molar-refractivity contribution in [2.75, 3.05) is 13.1 Å². The Hall–Kier alpha value is -2.25. The molecule has 0 bridgehead atoms. The van der Waals surface area contributed by atoms with Crippen molar-refractivity contribution in [3.8, 4) is 11.5 Å². The lowest BCUT2D eigenvalue weighted by atomic mass is 9.86. The van der Waals surface area contributed by atoms with Crippen molar-refractivity contribution >= 4 is 5.97 Å². The maximum absolute atomic E-state index is 11.2. The van der Waals surface area contributed by atoms with Gasteiger partial charge in [0.1, 0.15) is 0 Å². The summed E-state index contributed by atoms with van der Waals surface area (Å²) in [6.07, 6.45) is 4.19. The van der Waals surface area contributed by atoms with E-state index in [1.54, 1.807) is 6.07 Å². The van der Waals surface area contributed by atoms with Gasteiger partial charge in [0.2, 0.25) is 12.0 Å². The van der Waals surface area contributed by atoms with Gasteiger partial charge in [-0.2, -0.15) is 0 Å². The molecular weight excluding hydrogens is 374 g/mol. The Morgan fingerprint density at radius 1 is 1.28 bits per heavy atom. The third-order valence-corrected chi connectivity index (χ3v) is 5.55. The van der Waals surface area contributed by atoms with E-state index in [-0.39, 0.29) is 17.9 Å². The summed E-state index contributed by atoms with van der Waals surface area (Å²) in [4.78, 5) is 13.7. The van der Waals surface area contributed by atoms with Gasteiger partial charge in [0.15, 0.2) is 11.5 Å². The molecule has 0 spiro atoms. The van der Waals surface area contributed by atoms with Gasteiger partial charge in [0.05, 0.1) is 12.5 Å². The molecule has 160 valence electrons. The summed E-state index contributed by atoms with van der Waals surface area (Å²) in [6.45, 7) is 6.55. The Labute approximate surface area is 171 Å².